The maximum absolute atomic E-state index is 11.7. The van der Waals surface area contributed by atoms with Crippen LogP contribution < -0.4 is 20.6 Å². The number of morpholine rings is 1. The second kappa shape index (κ2) is 8.29. The first-order valence-electron chi connectivity index (χ1n) is 10.4. The summed E-state index contributed by atoms with van der Waals surface area (Å²) in [5.41, 5.74) is 8.31. The third kappa shape index (κ3) is 3.59. The number of aryl methyl sites for hydroxylation is 1. The van der Waals surface area contributed by atoms with Crippen LogP contribution in [0.1, 0.15) is 37.1 Å². The number of hydrogen-bond donors (Lipinski definition) is 2. The van der Waals surface area contributed by atoms with E-state index in [0.29, 0.717) is 66.1 Å². The maximum atomic E-state index is 11.7. The number of thiophene rings is 2. The Kier molecular flexibility index (Phi) is 5.46. The highest BCUT2D eigenvalue weighted by Crippen LogP contribution is 2.40. The van der Waals surface area contributed by atoms with Crippen molar-refractivity contribution in [3.05, 3.63) is 32.3 Å². The molecule has 3 aromatic rings. The lowest BCUT2D eigenvalue weighted by Crippen LogP contribution is -3.12. The summed E-state index contributed by atoms with van der Waals surface area (Å²) in [7, 11) is 0. The van der Waals surface area contributed by atoms with Gasteiger partial charge in [-0.2, -0.15) is 5.26 Å². The van der Waals surface area contributed by atoms with Crippen molar-refractivity contribution in [3.63, 3.8) is 0 Å². The zero-order valence-electron chi connectivity index (χ0n) is 17.6. The molecule has 0 saturated carbocycles. The van der Waals surface area contributed by atoms with Crippen LogP contribution in [0.25, 0.3) is 10.2 Å². The highest BCUT2D eigenvalue weighted by atomic mass is 32.1. The number of ether oxygens (including phenoxy) is 1. The summed E-state index contributed by atoms with van der Waals surface area (Å²) in [5, 5.41) is 22.5. The molecule has 11 heteroatoms. The van der Waals surface area contributed by atoms with Crippen LogP contribution in [-0.2, 0) is 24.2 Å². The number of nitriles is 1. The number of nitrogen functional groups attached to an aromatic ring is 1. The van der Waals surface area contributed by atoms with Crippen LogP contribution >= 0.6 is 22.7 Å². The number of carbonyl (C=O) groups is 1. The number of aromatic carboxylic acids is 1. The number of hydrogen-bond acceptors (Lipinski definition) is 10. The van der Waals surface area contributed by atoms with Crippen molar-refractivity contribution in [2.24, 2.45) is 0 Å². The molecule has 1 saturated heterocycles. The molecular formula is C21H22N6O3S2. The lowest BCUT2D eigenvalue weighted by molar-refractivity contribution is -0.922. The molecule has 0 unspecified atom stereocenters. The first kappa shape index (κ1) is 21.1. The van der Waals surface area contributed by atoms with Gasteiger partial charge in [-0.1, -0.05) is 0 Å². The Morgan fingerprint density at radius 3 is 2.84 bits per heavy atom. The Morgan fingerprint density at radius 1 is 1.34 bits per heavy atom. The highest BCUT2D eigenvalue weighted by molar-refractivity contribution is 7.20. The molecule has 5 heterocycles. The molecule has 5 rings (SSSR count). The molecule has 0 spiro atoms. The molecule has 0 bridgehead atoms. The molecule has 166 valence electrons. The number of nitrogens with one attached hydrogen (secondary N) is 1. The molecule has 1 fully saturated rings. The fourth-order valence-electron chi connectivity index (χ4n) is 4.45. The standard InChI is InChI=1S/C21H22N6O3S2/c1-11-16-19(27-3-2-12-13(8-22)18(23)31-14(12)9-27)24-15(10-26-4-6-30-7-5-26)25-20(16)32-17(11)21(28)29/h2-7,9-10,23H2,1H3,(H,28,29). The van der Waals surface area contributed by atoms with Gasteiger partial charge in [0.05, 0.1) is 41.6 Å². The quantitative estimate of drug-likeness (QED) is 0.538. The molecule has 0 atom stereocenters. The number of carboxylic acids is 1. The Hall–Kier alpha value is -2.78. The minimum atomic E-state index is -1.19. The van der Waals surface area contributed by atoms with Gasteiger partial charge in [0.1, 0.15) is 41.4 Å². The number of carbonyl (C=O) groups excluding carboxylic acids is 1. The average Bonchev–Trinajstić information content (AvgIpc) is 3.29. The number of quaternary nitrogens is 1. The molecule has 9 nitrogen and oxygen atoms in total. The Labute approximate surface area is 192 Å². The molecule has 3 aromatic heterocycles. The monoisotopic (exact) mass is 470 g/mol. The zero-order valence-corrected chi connectivity index (χ0v) is 19.2. The van der Waals surface area contributed by atoms with Gasteiger partial charge in [-0.3, -0.25) is 0 Å². The van der Waals surface area contributed by atoms with E-state index in [1.165, 1.54) is 16.2 Å². The van der Waals surface area contributed by atoms with Crippen molar-refractivity contribution in [2.45, 2.75) is 26.4 Å². The minimum Gasteiger partial charge on any atom is -0.544 e. The molecule has 0 radical (unpaired) electrons. The smallest absolute Gasteiger partial charge is 0.187 e. The van der Waals surface area contributed by atoms with Crippen molar-refractivity contribution >= 4 is 49.7 Å². The molecule has 3 N–H and O–H groups in total. The lowest BCUT2D eigenvalue weighted by Gasteiger charge is -2.29. The molecule has 0 aromatic carbocycles. The summed E-state index contributed by atoms with van der Waals surface area (Å²) in [6, 6.07) is 2.22. The predicted octanol–water partition coefficient (Wildman–Crippen LogP) is -0.144. The van der Waals surface area contributed by atoms with Gasteiger partial charge < -0.3 is 30.2 Å². The van der Waals surface area contributed by atoms with E-state index in [4.69, 9.17) is 20.4 Å². The summed E-state index contributed by atoms with van der Waals surface area (Å²) < 4.78 is 5.45. The fraction of sp³-hybridized carbons (Fsp3) is 0.429. The van der Waals surface area contributed by atoms with Crippen molar-refractivity contribution in [3.8, 4) is 6.07 Å². The summed E-state index contributed by atoms with van der Waals surface area (Å²) in [5.74, 6) is 0.252. The van der Waals surface area contributed by atoms with Crippen LogP contribution in [0.5, 0.6) is 0 Å². The number of fused-ring (bicyclic) bond motifs is 2. The third-order valence-corrected chi connectivity index (χ3v) is 8.32. The third-order valence-electron chi connectivity index (χ3n) is 6.11. The van der Waals surface area contributed by atoms with Gasteiger partial charge in [-0.05, 0) is 24.5 Å². The lowest BCUT2D eigenvalue weighted by atomic mass is 10.0. The molecule has 32 heavy (non-hydrogen) atoms. The Bertz CT molecular complexity index is 1250. The first-order chi connectivity index (χ1) is 15.5. The van der Waals surface area contributed by atoms with Crippen LogP contribution in [0.2, 0.25) is 0 Å². The van der Waals surface area contributed by atoms with E-state index in [1.54, 1.807) is 6.92 Å². The fourth-order valence-corrected chi connectivity index (χ4v) is 6.57. The van der Waals surface area contributed by atoms with Crippen LogP contribution in [0.3, 0.4) is 0 Å². The summed E-state index contributed by atoms with van der Waals surface area (Å²) in [4.78, 5) is 26.8. The number of carboxylic acid groups (broad SMARTS) is 1. The second-order valence-electron chi connectivity index (χ2n) is 8.05. The van der Waals surface area contributed by atoms with Crippen molar-refractivity contribution in [1.82, 2.24) is 9.97 Å². The molecule has 2 aliphatic heterocycles. The van der Waals surface area contributed by atoms with Crippen molar-refractivity contribution in [2.75, 3.05) is 43.5 Å². The van der Waals surface area contributed by atoms with E-state index in [9.17, 15) is 15.2 Å². The van der Waals surface area contributed by atoms with E-state index in [-0.39, 0.29) is 4.88 Å². The van der Waals surface area contributed by atoms with E-state index < -0.39 is 5.97 Å². The second-order valence-corrected chi connectivity index (χ2v) is 10.2. The van der Waals surface area contributed by atoms with Crippen LogP contribution in [0.4, 0.5) is 10.8 Å². The summed E-state index contributed by atoms with van der Waals surface area (Å²) in [6.07, 6.45) is 0.692. The van der Waals surface area contributed by atoms with Gasteiger partial charge in [0.15, 0.2) is 5.82 Å². The maximum Gasteiger partial charge on any atom is 0.187 e. The zero-order chi connectivity index (χ0) is 22.4. The summed E-state index contributed by atoms with van der Waals surface area (Å²) in [6.45, 7) is 6.91. The first-order valence-corrected chi connectivity index (χ1v) is 12.1. The highest BCUT2D eigenvalue weighted by Gasteiger charge is 2.28. The van der Waals surface area contributed by atoms with Gasteiger partial charge in [-0.15, -0.1) is 22.7 Å². The van der Waals surface area contributed by atoms with E-state index in [0.717, 1.165) is 46.1 Å². The van der Waals surface area contributed by atoms with E-state index >= 15 is 0 Å². The minimum absolute atomic E-state index is 0.191. The average molecular weight is 471 g/mol. The largest absolute Gasteiger partial charge is 0.544 e. The van der Waals surface area contributed by atoms with Gasteiger partial charge in [0.2, 0.25) is 0 Å². The Balaban J connectivity index is 1.58. The Morgan fingerprint density at radius 2 is 2.12 bits per heavy atom. The SMILES string of the molecule is Cc1c(C(=O)[O-])sc2nc(C[NH+]3CCOCC3)nc(N3CCc4c(sc(N)c4C#N)C3)c12. The van der Waals surface area contributed by atoms with Gasteiger partial charge in [0.25, 0.3) is 0 Å². The van der Waals surface area contributed by atoms with E-state index in [2.05, 4.69) is 11.0 Å². The molecule has 2 aliphatic rings. The van der Waals surface area contributed by atoms with Crippen LogP contribution in [0, 0.1) is 18.3 Å². The van der Waals surface area contributed by atoms with Crippen LogP contribution in [0.15, 0.2) is 0 Å². The normalized spacial score (nSPS) is 16.8. The van der Waals surface area contributed by atoms with E-state index in [1.807, 2.05) is 0 Å². The molecular weight excluding hydrogens is 448 g/mol. The topological polar surface area (TPSA) is 133 Å². The van der Waals surface area contributed by atoms with Gasteiger partial charge in [0, 0.05) is 11.4 Å². The number of aromatic nitrogens is 2. The van der Waals surface area contributed by atoms with Gasteiger partial charge in [-0.25, -0.2) is 9.97 Å². The number of nitrogens with zero attached hydrogens (tertiary/aromatic N) is 4. The number of nitrogens with two attached hydrogens (primary N) is 1. The number of anilines is 2. The van der Waals surface area contributed by atoms with Crippen molar-refractivity contribution in [1.29, 1.82) is 5.26 Å². The van der Waals surface area contributed by atoms with Crippen LogP contribution in [-0.4, -0.2) is 48.8 Å². The predicted molar refractivity (Wildman–Crippen MR) is 120 cm³/mol. The molecule has 0 amide bonds. The van der Waals surface area contributed by atoms with Crippen molar-refractivity contribution < 1.29 is 19.5 Å². The number of rotatable bonds is 4. The van der Waals surface area contributed by atoms with Gasteiger partial charge >= 0.3 is 0 Å². The summed E-state index contributed by atoms with van der Waals surface area (Å²) >= 11 is 2.59. The molecule has 0 aliphatic carbocycles.